The molecule has 2 aromatic carbocycles. The van der Waals surface area contributed by atoms with E-state index in [1.165, 1.54) is 24.3 Å². The summed E-state index contributed by atoms with van der Waals surface area (Å²) in [7, 11) is 0. The second-order valence-corrected chi connectivity index (χ2v) is 4.85. The van der Waals surface area contributed by atoms with Crippen LogP contribution in [-0.4, -0.2) is 9.55 Å². The molecule has 1 aromatic heterocycles. The van der Waals surface area contributed by atoms with Crippen LogP contribution in [0.2, 0.25) is 0 Å². The Kier molecular flexibility index (Phi) is 3.27. The molecule has 0 radical (unpaired) electrons. The zero-order valence-corrected chi connectivity index (χ0v) is 11.1. The molecule has 0 bridgehead atoms. The smallest absolute Gasteiger partial charge is 0.305 e. The van der Waals surface area contributed by atoms with Crippen molar-refractivity contribution in [2.75, 3.05) is 0 Å². The number of aromatic nitrogens is 2. The van der Waals surface area contributed by atoms with Crippen molar-refractivity contribution in [1.29, 1.82) is 0 Å². The Balaban J connectivity index is 2.00. The second-order valence-electron chi connectivity index (χ2n) is 4.85. The fourth-order valence-corrected chi connectivity index (χ4v) is 2.31. The first-order valence-electron chi connectivity index (χ1n) is 6.39. The lowest BCUT2D eigenvalue weighted by Gasteiger charge is -2.08. The average Bonchev–Trinajstić information content (AvgIpc) is 2.76. The molecule has 114 valence electrons. The summed E-state index contributed by atoms with van der Waals surface area (Å²) in [5.41, 5.74) is -0.364. The Morgan fingerprint density at radius 1 is 1.05 bits per heavy atom. The first-order valence-corrected chi connectivity index (χ1v) is 6.39. The van der Waals surface area contributed by atoms with Crippen LogP contribution >= 0.6 is 0 Å². The number of halogens is 4. The predicted octanol–water partition coefficient (Wildman–Crippen LogP) is 3.54. The van der Waals surface area contributed by atoms with Gasteiger partial charge in [0.15, 0.2) is 0 Å². The summed E-state index contributed by atoms with van der Waals surface area (Å²) in [6, 6.07) is 8.67. The highest BCUT2D eigenvalue weighted by Gasteiger charge is 2.29. The molecule has 0 aliphatic rings. The van der Waals surface area contributed by atoms with E-state index in [4.69, 9.17) is 0 Å². The standard InChI is InChI=1S/C15H10F4N2O/c16-11-2-1-3-12-13(11)21(14(22)20-12)8-9-4-6-10(7-5-9)15(17,18)19/h1-7H,8H2,(H,20,22). The zero-order valence-electron chi connectivity index (χ0n) is 11.1. The lowest BCUT2D eigenvalue weighted by atomic mass is 10.1. The summed E-state index contributed by atoms with van der Waals surface area (Å²) in [6.45, 7) is -0.0160. The number of hydrogen-bond acceptors (Lipinski definition) is 1. The fraction of sp³-hybridized carbons (Fsp3) is 0.133. The third kappa shape index (κ3) is 2.49. The Bertz CT molecular complexity index is 875. The average molecular weight is 310 g/mol. The highest BCUT2D eigenvalue weighted by molar-refractivity contribution is 5.75. The van der Waals surface area contributed by atoms with Crippen LogP contribution in [0.15, 0.2) is 47.3 Å². The van der Waals surface area contributed by atoms with Crippen LogP contribution in [0.1, 0.15) is 11.1 Å². The number of imidazole rings is 1. The van der Waals surface area contributed by atoms with E-state index in [0.29, 0.717) is 11.1 Å². The topological polar surface area (TPSA) is 37.8 Å². The minimum absolute atomic E-state index is 0.0160. The number of rotatable bonds is 2. The molecular formula is C15H10F4N2O. The normalized spacial score (nSPS) is 12.0. The molecule has 0 amide bonds. The molecule has 0 saturated carbocycles. The highest BCUT2D eigenvalue weighted by atomic mass is 19.4. The molecule has 7 heteroatoms. The number of nitrogens with one attached hydrogen (secondary N) is 1. The third-order valence-electron chi connectivity index (χ3n) is 3.37. The van der Waals surface area contributed by atoms with Crippen LogP contribution in [0.4, 0.5) is 17.6 Å². The van der Waals surface area contributed by atoms with Crippen molar-refractivity contribution in [3.63, 3.8) is 0 Å². The maximum Gasteiger partial charge on any atom is 0.416 e. The van der Waals surface area contributed by atoms with Crippen LogP contribution in [0.3, 0.4) is 0 Å². The Morgan fingerprint density at radius 2 is 1.73 bits per heavy atom. The van der Waals surface area contributed by atoms with Gasteiger partial charge < -0.3 is 4.98 Å². The van der Waals surface area contributed by atoms with Crippen molar-refractivity contribution in [3.05, 3.63) is 69.9 Å². The van der Waals surface area contributed by atoms with E-state index < -0.39 is 23.2 Å². The molecule has 1 heterocycles. The molecule has 0 spiro atoms. The van der Waals surface area contributed by atoms with Crippen LogP contribution < -0.4 is 5.69 Å². The Hall–Kier alpha value is -2.57. The lowest BCUT2D eigenvalue weighted by Crippen LogP contribution is -2.18. The van der Waals surface area contributed by atoms with Gasteiger partial charge in [0.2, 0.25) is 0 Å². The summed E-state index contributed by atoms with van der Waals surface area (Å²) in [6.07, 6.45) is -4.41. The first-order chi connectivity index (χ1) is 10.4. The van der Waals surface area contributed by atoms with Crippen LogP contribution in [0.25, 0.3) is 11.0 Å². The number of H-pyrrole nitrogens is 1. The van der Waals surface area contributed by atoms with E-state index in [0.717, 1.165) is 16.7 Å². The molecule has 0 saturated heterocycles. The van der Waals surface area contributed by atoms with Gasteiger partial charge in [-0.15, -0.1) is 0 Å². The SMILES string of the molecule is O=c1[nH]c2cccc(F)c2n1Cc1ccc(C(F)(F)F)cc1. The number of para-hydroxylation sites is 1. The molecule has 1 N–H and O–H groups in total. The van der Waals surface area contributed by atoms with E-state index in [2.05, 4.69) is 4.98 Å². The van der Waals surface area contributed by atoms with Gasteiger partial charge in [-0.1, -0.05) is 18.2 Å². The van der Waals surface area contributed by atoms with Crippen LogP contribution in [0.5, 0.6) is 0 Å². The predicted molar refractivity (Wildman–Crippen MR) is 73.1 cm³/mol. The third-order valence-corrected chi connectivity index (χ3v) is 3.37. The van der Waals surface area contributed by atoms with Crippen molar-refractivity contribution >= 4 is 11.0 Å². The number of alkyl halides is 3. The van der Waals surface area contributed by atoms with Gasteiger partial charge in [0.1, 0.15) is 11.3 Å². The van der Waals surface area contributed by atoms with Gasteiger partial charge in [-0.3, -0.25) is 4.57 Å². The van der Waals surface area contributed by atoms with E-state index in [1.54, 1.807) is 6.07 Å². The zero-order chi connectivity index (χ0) is 15.9. The number of benzene rings is 2. The van der Waals surface area contributed by atoms with E-state index >= 15 is 0 Å². The molecule has 0 fully saturated rings. The summed E-state index contributed by atoms with van der Waals surface area (Å²) in [5.74, 6) is -0.567. The summed E-state index contributed by atoms with van der Waals surface area (Å²) >= 11 is 0. The largest absolute Gasteiger partial charge is 0.416 e. The van der Waals surface area contributed by atoms with Crippen molar-refractivity contribution in [2.45, 2.75) is 12.7 Å². The minimum Gasteiger partial charge on any atom is -0.305 e. The monoisotopic (exact) mass is 310 g/mol. The van der Waals surface area contributed by atoms with E-state index in [9.17, 15) is 22.4 Å². The van der Waals surface area contributed by atoms with Gasteiger partial charge in [-0.05, 0) is 29.8 Å². The van der Waals surface area contributed by atoms with Gasteiger partial charge in [0, 0.05) is 0 Å². The van der Waals surface area contributed by atoms with Crippen molar-refractivity contribution in [2.24, 2.45) is 0 Å². The maximum atomic E-state index is 13.9. The molecule has 0 atom stereocenters. The van der Waals surface area contributed by atoms with Gasteiger partial charge in [0.25, 0.3) is 0 Å². The molecular weight excluding hydrogens is 300 g/mol. The summed E-state index contributed by atoms with van der Waals surface area (Å²) in [4.78, 5) is 14.4. The van der Waals surface area contributed by atoms with Gasteiger partial charge in [0.05, 0.1) is 17.6 Å². The molecule has 0 unspecified atom stereocenters. The minimum atomic E-state index is -4.41. The maximum absolute atomic E-state index is 13.9. The highest BCUT2D eigenvalue weighted by Crippen LogP contribution is 2.29. The molecule has 3 aromatic rings. The van der Waals surface area contributed by atoms with Gasteiger partial charge in [-0.25, -0.2) is 9.18 Å². The summed E-state index contributed by atoms with van der Waals surface area (Å²) in [5, 5.41) is 0. The van der Waals surface area contributed by atoms with Crippen molar-refractivity contribution in [1.82, 2.24) is 9.55 Å². The van der Waals surface area contributed by atoms with E-state index in [-0.39, 0.29) is 12.1 Å². The Morgan fingerprint density at radius 3 is 2.36 bits per heavy atom. The number of aromatic amines is 1. The van der Waals surface area contributed by atoms with Crippen molar-refractivity contribution in [3.8, 4) is 0 Å². The number of nitrogens with zero attached hydrogens (tertiary/aromatic N) is 1. The quantitative estimate of drug-likeness (QED) is 0.722. The van der Waals surface area contributed by atoms with Gasteiger partial charge >= 0.3 is 11.9 Å². The lowest BCUT2D eigenvalue weighted by molar-refractivity contribution is -0.137. The molecule has 3 rings (SSSR count). The van der Waals surface area contributed by atoms with Gasteiger partial charge in [-0.2, -0.15) is 13.2 Å². The summed E-state index contributed by atoms with van der Waals surface area (Å²) < 4.78 is 52.6. The first kappa shape index (κ1) is 14.4. The number of fused-ring (bicyclic) bond motifs is 1. The van der Waals surface area contributed by atoms with Crippen molar-refractivity contribution < 1.29 is 17.6 Å². The number of hydrogen-bond donors (Lipinski definition) is 1. The van der Waals surface area contributed by atoms with E-state index in [1.807, 2.05) is 0 Å². The Labute approximate surface area is 121 Å². The van der Waals surface area contributed by atoms with Crippen LogP contribution in [0, 0.1) is 5.82 Å². The van der Waals surface area contributed by atoms with Crippen LogP contribution in [-0.2, 0) is 12.7 Å². The molecule has 0 aliphatic carbocycles. The molecule has 0 aliphatic heterocycles. The molecule has 3 nitrogen and oxygen atoms in total. The second kappa shape index (κ2) is 5.01. The molecule has 22 heavy (non-hydrogen) atoms. The fourth-order valence-electron chi connectivity index (χ4n) is 2.31.